The summed E-state index contributed by atoms with van der Waals surface area (Å²) in [5.41, 5.74) is 2.82. The van der Waals surface area contributed by atoms with Gasteiger partial charge < -0.3 is 15.0 Å². The summed E-state index contributed by atoms with van der Waals surface area (Å²) in [6.45, 7) is 5.83. The van der Waals surface area contributed by atoms with Crippen molar-refractivity contribution in [3.8, 4) is 11.5 Å². The quantitative estimate of drug-likeness (QED) is 0.116. The molecular weight excluding hydrogens is 726 g/mol. The second-order valence-electron chi connectivity index (χ2n) is 12.7. The predicted octanol–water partition coefficient (Wildman–Crippen LogP) is 8.16. The van der Waals surface area contributed by atoms with Gasteiger partial charge in [0.05, 0.1) is 10.6 Å². The van der Waals surface area contributed by atoms with Gasteiger partial charge in [0.25, 0.3) is 10.0 Å². The molecular formula is C41H42BrN3O5S. The van der Waals surface area contributed by atoms with Gasteiger partial charge in [0.15, 0.2) is 0 Å². The summed E-state index contributed by atoms with van der Waals surface area (Å²) >= 11 is 3.52. The number of anilines is 1. The highest BCUT2D eigenvalue weighted by Crippen LogP contribution is 2.29. The first-order chi connectivity index (χ1) is 24.5. The number of hydrogen-bond acceptors (Lipinski definition) is 5. The van der Waals surface area contributed by atoms with Crippen molar-refractivity contribution in [2.45, 2.75) is 44.7 Å². The smallest absolute Gasteiger partial charge is 0.264 e. The predicted molar refractivity (Wildman–Crippen MR) is 205 cm³/mol. The molecule has 0 aliphatic carbocycles. The molecule has 2 amide bonds. The molecule has 8 nitrogen and oxygen atoms in total. The van der Waals surface area contributed by atoms with Crippen LogP contribution in [0.15, 0.2) is 143 Å². The summed E-state index contributed by atoms with van der Waals surface area (Å²) in [6.07, 6.45) is 0.237. The fourth-order valence-electron chi connectivity index (χ4n) is 5.48. The van der Waals surface area contributed by atoms with Gasteiger partial charge in [-0.15, -0.1) is 0 Å². The molecule has 10 heteroatoms. The summed E-state index contributed by atoms with van der Waals surface area (Å²) < 4.78 is 36.7. The third kappa shape index (κ3) is 10.3. The van der Waals surface area contributed by atoms with Gasteiger partial charge in [-0.2, -0.15) is 0 Å². The van der Waals surface area contributed by atoms with Crippen LogP contribution in [0.5, 0.6) is 11.5 Å². The van der Waals surface area contributed by atoms with Crippen LogP contribution in [0.2, 0.25) is 0 Å². The molecule has 0 radical (unpaired) electrons. The van der Waals surface area contributed by atoms with Crippen molar-refractivity contribution >= 4 is 43.5 Å². The molecule has 0 unspecified atom stereocenters. The Labute approximate surface area is 309 Å². The van der Waals surface area contributed by atoms with E-state index >= 15 is 0 Å². The fourth-order valence-corrected chi connectivity index (χ4v) is 7.34. The summed E-state index contributed by atoms with van der Waals surface area (Å²) in [5, 5.41) is 3.02. The lowest BCUT2D eigenvalue weighted by atomic mass is 10.0. The van der Waals surface area contributed by atoms with Crippen LogP contribution in [0.1, 0.15) is 30.5 Å². The molecule has 0 aliphatic rings. The van der Waals surface area contributed by atoms with Gasteiger partial charge in [0, 0.05) is 24.0 Å². The van der Waals surface area contributed by atoms with Gasteiger partial charge in [0.1, 0.15) is 24.1 Å². The average molecular weight is 769 g/mol. The second-order valence-corrected chi connectivity index (χ2v) is 15.5. The molecule has 0 aromatic heterocycles. The van der Waals surface area contributed by atoms with Gasteiger partial charge >= 0.3 is 0 Å². The highest BCUT2D eigenvalue weighted by Gasteiger charge is 2.34. The Morgan fingerprint density at radius 3 is 2.00 bits per heavy atom. The molecule has 0 fully saturated rings. The third-order valence-electron chi connectivity index (χ3n) is 8.19. The number of carbonyl (C=O) groups excluding carboxylic acids is 2. The summed E-state index contributed by atoms with van der Waals surface area (Å²) in [4.78, 5) is 30.3. The number of halogens is 1. The lowest BCUT2D eigenvalue weighted by Gasteiger charge is -2.34. The minimum Gasteiger partial charge on any atom is -0.457 e. The van der Waals surface area contributed by atoms with Crippen LogP contribution in [0.3, 0.4) is 0 Å². The molecule has 1 atom stereocenters. The van der Waals surface area contributed by atoms with Crippen LogP contribution >= 0.6 is 15.9 Å². The Morgan fingerprint density at radius 2 is 1.37 bits per heavy atom. The summed E-state index contributed by atoms with van der Waals surface area (Å²) in [7, 11) is -4.24. The van der Waals surface area contributed by atoms with Crippen molar-refractivity contribution in [2.24, 2.45) is 5.92 Å². The average Bonchev–Trinajstić information content (AvgIpc) is 3.12. The number of nitrogens with one attached hydrogen (secondary N) is 1. The van der Waals surface area contributed by atoms with Gasteiger partial charge in [-0.3, -0.25) is 13.9 Å². The van der Waals surface area contributed by atoms with Crippen molar-refractivity contribution in [3.63, 3.8) is 0 Å². The Bertz CT molecular complexity index is 2010. The van der Waals surface area contributed by atoms with Gasteiger partial charge in [-0.1, -0.05) is 108 Å². The zero-order chi connectivity index (χ0) is 36.4. The number of amides is 2. The highest BCUT2D eigenvalue weighted by molar-refractivity contribution is 9.10. The summed E-state index contributed by atoms with van der Waals surface area (Å²) in [5.74, 6) is 0.477. The van der Waals surface area contributed by atoms with E-state index in [0.29, 0.717) is 18.0 Å². The second kappa shape index (κ2) is 17.3. The monoisotopic (exact) mass is 767 g/mol. The fraction of sp³-hybridized carbons (Fsp3) is 0.220. The lowest BCUT2D eigenvalue weighted by molar-refractivity contribution is -0.140. The molecule has 5 aromatic carbocycles. The van der Waals surface area contributed by atoms with Crippen LogP contribution in [0.25, 0.3) is 0 Å². The Morgan fingerprint density at radius 1 is 0.765 bits per heavy atom. The Balaban J connectivity index is 1.56. The number of aryl methyl sites for hydroxylation is 1. The number of carbonyl (C=O) groups is 2. The molecule has 5 aromatic rings. The van der Waals surface area contributed by atoms with Gasteiger partial charge in [-0.25, -0.2) is 8.42 Å². The third-order valence-corrected chi connectivity index (χ3v) is 10.5. The number of para-hydroxylation sites is 1. The minimum atomic E-state index is -4.24. The molecule has 5 rings (SSSR count). The molecule has 0 bridgehead atoms. The van der Waals surface area contributed by atoms with Gasteiger partial charge in [-0.05, 0) is 84.6 Å². The van der Waals surface area contributed by atoms with Crippen LogP contribution in [0.4, 0.5) is 5.69 Å². The van der Waals surface area contributed by atoms with Crippen molar-refractivity contribution in [2.75, 3.05) is 17.4 Å². The van der Waals surface area contributed by atoms with Crippen molar-refractivity contribution in [1.29, 1.82) is 0 Å². The maximum atomic E-state index is 14.7. The molecule has 0 heterocycles. The van der Waals surface area contributed by atoms with Crippen molar-refractivity contribution in [3.05, 3.63) is 155 Å². The molecule has 0 saturated carbocycles. The van der Waals surface area contributed by atoms with E-state index in [-0.39, 0.29) is 35.4 Å². The zero-order valence-corrected chi connectivity index (χ0v) is 31.3. The van der Waals surface area contributed by atoms with Gasteiger partial charge in [0.2, 0.25) is 11.8 Å². The number of ether oxygens (including phenoxy) is 1. The molecule has 0 spiro atoms. The minimum absolute atomic E-state index is 0.0413. The molecule has 51 heavy (non-hydrogen) atoms. The topological polar surface area (TPSA) is 96.0 Å². The van der Waals surface area contributed by atoms with E-state index in [0.717, 1.165) is 25.5 Å². The van der Waals surface area contributed by atoms with Crippen LogP contribution < -0.4 is 14.4 Å². The normalized spacial score (nSPS) is 11.9. The Kier molecular flexibility index (Phi) is 12.7. The van der Waals surface area contributed by atoms with Crippen LogP contribution in [-0.4, -0.2) is 44.3 Å². The number of rotatable bonds is 15. The van der Waals surface area contributed by atoms with Crippen LogP contribution in [-0.2, 0) is 32.6 Å². The SMILES string of the molecule is Cc1ccc(S(=O)(=O)N(CC(=O)N(Cc2cccc(Br)c2)[C@H](Cc2ccccc2)C(=O)NCC(C)C)c2ccc(Oc3ccccc3)cc2)cc1. The molecule has 0 aliphatic heterocycles. The number of hydrogen-bond donors (Lipinski definition) is 1. The first-order valence-electron chi connectivity index (χ1n) is 16.8. The first-order valence-corrected chi connectivity index (χ1v) is 19.0. The maximum absolute atomic E-state index is 14.7. The maximum Gasteiger partial charge on any atom is 0.264 e. The molecule has 1 N–H and O–H groups in total. The molecule has 0 saturated heterocycles. The van der Waals surface area contributed by atoms with E-state index in [2.05, 4.69) is 21.2 Å². The van der Waals surface area contributed by atoms with E-state index in [1.54, 1.807) is 36.4 Å². The summed E-state index contributed by atoms with van der Waals surface area (Å²) in [6, 6.07) is 38.4. The van der Waals surface area contributed by atoms with E-state index in [9.17, 15) is 18.0 Å². The van der Waals surface area contributed by atoms with E-state index in [4.69, 9.17) is 4.74 Å². The standard InChI is InChI=1S/C41H42BrN3O5S/c1-30(2)27-43-41(47)39(26-32-11-6-4-7-12-32)44(28-33-13-10-14-34(42)25-33)40(46)29-45(51(48,49)38-23-17-31(3)18-24-38)35-19-21-37(22-20-35)50-36-15-8-5-9-16-36/h4-25,30,39H,26-29H2,1-3H3,(H,43,47)/t39-/m1/s1. The number of sulfonamides is 1. The van der Waals surface area contributed by atoms with E-state index in [1.165, 1.54) is 17.0 Å². The Hall–Kier alpha value is -4.93. The number of benzene rings is 5. The van der Waals surface area contributed by atoms with Crippen LogP contribution in [0, 0.1) is 12.8 Å². The van der Waals surface area contributed by atoms with Crippen molar-refractivity contribution < 1.29 is 22.7 Å². The van der Waals surface area contributed by atoms with Crippen molar-refractivity contribution in [1.82, 2.24) is 10.2 Å². The largest absolute Gasteiger partial charge is 0.457 e. The molecule has 264 valence electrons. The highest BCUT2D eigenvalue weighted by atomic mass is 79.9. The zero-order valence-electron chi connectivity index (χ0n) is 28.9. The lowest BCUT2D eigenvalue weighted by Crippen LogP contribution is -2.53. The first kappa shape index (κ1) is 37.3. The van der Waals surface area contributed by atoms with E-state index in [1.807, 2.05) is 106 Å². The van der Waals surface area contributed by atoms with E-state index < -0.39 is 28.5 Å². The number of nitrogens with zero attached hydrogens (tertiary/aromatic N) is 2.